The van der Waals surface area contributed by atoms with E-state index >= 15 is 0 Å². The first-order valence-electron chi connectivity index (χ1n) is 7.05. The molecule has 2 rings (SSSR count). The highest BCUT2D eigenvalue weighted by atomic mass is 35.5. The van der Waals surface area contributed by atoms with Crippen LogP contribution in [0.2, 0.25) is 10.0 Å². The van der Waals surface area contributed by atoms with Crippen molar-refractivity contribution in [3.05, 3.63) is 45.8 Å². The summed E-state index contributed by atoms with van der Waals surface area (Å²) >= 11 is 12.9. The summed E-state index contributed by atoms with van der Waals surface area (Å²) < 4.78 is 26.0. The average Bonchev–Trinajstić information content (AvgIpc) is 3.06. The highest BCUT2D eigenvalue weighted by molar-refractivity contribution is 7.91. The van der Waals surface area contributed by atoms with Crippen LogP contribution in [-0.4, -0.2) is 32.2 Å². The van der Waals surface area contributed by atoms with Gasteiger partial charge in [0.25, 0.3) is 10.0 Å². The van der Waals surface area contributed by atoms with Gasteiger partial charge in [0, 0.05) is 25.7 Å². The van der Waals surface area contributed by atoms with Gasteiger partial charge in [-0.05, 0) is 36.1 Å². The molecule has 0 aliphatic rings. The molecular formula is C15H16Cl2N2O3S2. The van der Waals surface area contributed by atoms with Crippen molar-refractivity contribution in [3.63, 3.8) is 0 Å². The lowest BCUT2D eigenvalue weighted by atomic mass is 10.2. The Morgan fingerprint density at radius 3 is 2.62 bits per heavy atom. The molecule has 1 amide bonds. The predicted molar refractivity (Wildman–Crippen MR) is 98.5 cm³/mol. The molecule has 0 aliphatic carbocycles. The fourth-order valence-corrected chi connectivity index (χ4v) is 4.65. The summed E-state index contributed by atoms with van der Waals surface area (Å²) in [4.78, 5) is 11.9. The van der Waals surface area contributed by atoms with Crippen LogP contribution in [0.3, 0.4) is 0 Å². The molecule has 1 aromatic heterocycles. The number of nitrogens with one attached hydrogen (secondary N) is 1. The van der Waals surface area contributed by atoms with Crippen molar-refractivity contribution >= 4 is 56.2 Å². The first-order chi connectivity index (χ1) is 11.3. The van der Waals surface area contributed by atoms with E-state index in [1.54, 1.807) is 35.7 Å². The van der Waals surface area contributed by atoms with E-state index < -0.39 is 10.0 Å². The van der Waals surface area contributed by atoms with Gasteiger partial charge in [0.1, 0.15) is 4.21 Å². The molecule has 0 saturated carbocycles. The van der Waals surface area contributed by atoms with E-state index in [0.717, 1.165) is 0 Å². The van der Waals surface area contributed by atoms with E-state index in [0.29, 0.717) is 26.4 Å². The van der Waals surface area contributed by atoms with Gasteiger partial charge in [0.05, 0.1) is 10.0 Å². The minimum atomic E-state index is -3.47. The van der Waals surface area contributed by atoms with Gasteiger partial charge in [-0.15, -0.1) is 11.3 Å². The van der Waals surface area contributed by atoms with Gasteiger partial charge in [-0.2, -0.15) is 0 Å². The summed E-state index contributed by atoms with van der Waals surface area (Å²) in [7, 11) is -1.97. The number of hydrogen-bond donors (Lipinski definition) is 1. The van der Waals surface area contributed by atoms with E-state index in [9.17, 15) is 13.2 Å². The molecule has 5 nitrogen and oxygen atoms in total. The Balaban J connectivity index is 1.83. The number of rotatable bonds is 7. The Labute approximate surface area is 155 Å². The molecule has 0 spiro atoms. The second-order valence-electron chi connectivity index (χ2n) is 5.04. The molecular weight excluding hydrogens is 391 g/mol. The standard InChI is InChI=1S/C15H16Cl2N2O3S2/c1-19(24(21,22)15-5-3-9-23-15)8-2-4-14(20)18-11-6-7-12(16)13(17)10-11/h3,5-7,9-10H,2,4,8H2,1H3,(H,18,20). The third-order valence-corrected chi connectivity index (χ3v) is 7.21. The zero-order valence-electron chi connectivity index (χ0n) is 12.8. The summed E-state index contributed by atoms with van der Waals surface area (Å²) in [6.45, 7) is 0.259. The summed E-state index contributed by atoms with van der Waals surface area (Å²) in [5, 5.41) is 5.19. The fraction of sp³-hybridized carbons (Fsp3) is 0.267. The van der Waals surface area contributed by atoms with Gasteiger partial charge >= 0.3 is 0 Å². The summed E-state index contributed by atoms with van der Waals surface area (Å²) in [5.41, 5.74) is 0.550. The largest absolute Gasteiger partial charge is 0.326 e. The van der Waals surface area contributed by atoms with Crippen molar-refractivity contribution in [3.8, 4) is 0 Å². The van der Waals surface area contributed by atoms with Crippen molar-refractivity contribution in [2.75, 3.05) is 18.9 Å². The second-order valence-corrected chi connectivity index (χ2v) is 9.07. The Hall–Kier alpha value is -1.12. The van der Waals surface area contributed by atoms with E-state index in [1.807, 2.05) is 0 Å². The monoisotopic (exact) mass is 406 g/mol. The van der Waals surface area contributed by atoms with Gasteiger partial charge in [-0.1, -0.05) is 29.3 Å². The number of anilines is 1. The number of hydrogen-bond acceptors (Lipinski definition) is 4. The number of carbonyl (C=O) groups is 1. The second kappa shape index (κ2) is 8.31. The minimum Gasteiger partial charge on any atom is -0.326 e. The molecule has 0 aliphatic heterocycles. The molecule has 0 fully saturated rings. The number of sulfonamides is 1. The third kappa shape index (κ3) is 4.94. The Morgan fingerprint density at radius 2 is 2.00 bits per heavy atom. The SMILES string of the molecule is CN(CCCC(=O)Nc1ccc(Cl)c(Cl)c1)S(=O)(=O)c1cccs1. The van der Waals surface area contributed by atoms with Gasteiger partial charge in [0.2, 0.25) is 5.91 Å². The van der Waals surface area contributed by atoms with E-state index in [1.165, 1.54) is 22.7 Å². The van der Waals surface area contributed by atoms with Crippen LogP contribution in [-0.2, 0) is 14.8 Å². The quantitative estimate of drug-likeness (QED) is 0.752. The van der Waals surface area contributed by atoms with Crippen LogP contribution in [0.25, 0.3) is 0 Å². The van der Waals surface area contributed by atoms with Crippen LogP contribution < -0.4 is 5.32 Å². The number of thiophene rings is 1. The number of halogens is 2. The van der Waals surface area contributed by atoms with E-state index in [-0.39, 0.29) is 18.9 Å². The van der Waals surface area contributed by atoms with Gasteiger partial charge in [-0.25, -0.2) is 12.7 Å². The Morgan fingerprint density at radius 1 is 1.25 bits per heavy atom. The Bertz CT molecular complexity index is 808. The highest BCUT2D eigenvalue weighted by Gasteiger charge is 2.21. The maximum Gasteiger partial charge on any atom is 0.252 e. The van der Waals surface area contributed by atoms with E-state index in [2.05, 4.69) is 5.32 Å². The summed E-state index contributed by atoms with van der Waals surface area (Å²) in [6, 6.07) is 8.07. The van der Waals surface area contributed by atoms with E-state index in [4.69, 9.17) is 23.2 Å². The molecule has 0 radical (unpaired) electrons. The molecule has 0 unspecified atom stereocenters. The first kappa shape index (κ1) is 19.2. The molecule has 0 saturated heterocycles. The molecule has 130 valence electrons. The molecule has 24 heavy (non-hydrogen) atoms. The van der Waals surface area contributed by atoms with Gasteiger partial charge < -0.3 is 5.32 Å². The maximum absolute atomic E-state index is 12.2. The fourth-order valence-electron chi connectivity index (χ4n) is 1.94. The smallest absolute Gasteiger partial charge is 0.252 e. The topological polar surface area (TPSA) is 66.5 Å². The first-order valence-corrected chi connectivity index (χ1v) is 10.1. The van der Waals surface area contributed by atoms with Crippen molar-refractivity contribution in [2.45, 2.75) is 17.1 Å². The predicted octanol–water partition coefficient (Wildman–Crippen LogP) is 4.09. The zero-order chi connectivity index (χ0) is 17.7. The maximum atomic E-state index is 12.2. The van der Waals surface area contributed by atoms with Crippen molar-refractivity contribution in [1.82, 2.24) is 4.31 Å². The molecule has 1 aromatic carbocycles. The minimum absolute atomic E-state index is 0.199. The highest BCUT2D eigenvalue weighted by Crippen LogP contribution is 2.25. The number of carbonyl (C=O) groups excluding carboxylic acids is 1. The lowest BCUT2D eigenvalue weighted by molar-refractivity contribution is -0.116. The average molecular weight is 407 g/mol. The summed E-state index contributed by atoms with van der Waals surface area (Å²) in [5.74, 6) is -0.213. The van der Waals surface area contributed by atoms with Crippen LogP contribution in [0.15, 0.2) is 39.9 Å². The van der Waals surface area contributed by atoms with Crippen LogP contribution >= 0.6 is 34.5 Å². The molecule has 1 heterocycles. The van der Waals surface area contributed by atoms with Crippen molar-refractivity contribution in [2.24, 2.45) is 0 Å². The third-order valence-electron chi connectivity index (χ3n) is 3.24. The number of amides is 1. The molecule has 1 N–H and O–H groups in total. The van der Waals surface area contributed by atoms with Crippen LogP contribution in [0, 0.1) is 0 Å². The number of nitrogens with zero attached hydrogens (tertiary/aromatic N) is 1. The van der Waals surface area contributed by atoms with Crippen LogP contribution in [0.4, 0.5) is 5.69 Å². The van der Waals surface area contributed by atoms with Crippen LogP contribution in [0.5, 0.6) is 0 Å². The molecule has 2 aromatic rings. The van der Waals surface area contributed by atoms with Gasteiger partial charge in [-0.3, -0.25) is 4.79 Å². The Kier molecular flexibility index (Phi) is 6.65. The zero-order valence-corrected chi connectivity index (χ0v) is 16.0. The molecule has 9 heteroatoms. The lowest BCUT2D eigenvalue weighted by Crippen LogP contribution is -2.28. The number of benzene rings is 1. The summed E-state index contributed by atoms with van der Waals surface area (Å²) in [6.07, 6.45) is 0.610. The van der Waals surface area contributed by atoms with Crippen molar-refractivity contribution in [1.29, 1.82) is 0 Å². The van der Waals surface area contributed by atoms with Crippen LogP contribution in [0.1, 0.15) is 12.8 Å². The normalized spacial score (nSPS) is 11.7. The molecule has 0 atom stereocenters. The van der Waals surface area contributed by atoms with Crippen molar-refractivity contribution < 1.29 is 13.2 Å². The van der Waals surface area contributed by atoms with Gasteiger partial charge in [0.15, 0.2) is 0 Å². The lowest BCUT2D eigenvalue weighted by Gasteiger charge is -2.15. The molecule has 0 bridgehead atoms.